The van der Waals surface area contributed by atoms with Gasteiger partial charge in [-0.2, -0.15) is 0 Å². The van der Waals surface area contributed by atoms with Crippen molar-refractivity contribution in [2.45, 2.75) is 19.4 Å². The maximum atomic E-state index is 5.34. The molecule has 1 atom stereocenters. The van der Waals surface area contributed by atoms with Crippen LogP contribution in [0, 0.1) is 12.3 Å². The van der Waals surface area contributed by atoms with E-state index in [4.69, 9.17) is 11.2 Å². The van der Waals surface area contributed by atoms with E-state index >= 15 is 0 Å². The second-order valence-corrected chi connectivity index (χ2v) is 2.83. The number of terminal acetylenes is 1. The van der Waals surface area contributed by atoms with Crippen LogP contribution in [0.15, 0.2) is 18.3 Å². The lowest BCUT2D eigenvalue weighted by molar-refractivity contribution is 0.414. The quantitative estimate of drug-likeness (QED) is 0.736. The van der Waals surface area contributed by atoms with Crippen LogP contribution in [-0.2, 0) is 0 Å². The Labute approximate surface area is 84.5 Å². The first-order valence-electron chi connectivity index (χ1n) is 4.53. The molecule has 0 saturated carbocycles. The first-order valence-corrected chi connectivity index (χ1v) is 4.53. The molecule has 0 aliphatic heterocycles. The molecule has 1 rings (SSSR count). The Hall–Kier alpha value is -1.69. The predicted molar refractivity (Wildman–Crippen MR) is 57.3 cm³/mol. The molecule has 3 heteroatoms. The predicted octanol–water partition coefficient (Wildman–Crippen LogP) is 1.91. The molecule has 1 N–H and O–H groups in total. The smallest absolute Gasteiger partial charge is 0.169 e. The van der Waals surface area contributed by atoms with Crippen LogP contribution in [0.2, 0.25) is 0 Å². The lowest BCUT2D eigenvalue weighted by atomic mass is 10.2. The van der Waals surface area contributed by atoms with E-state index in [-0.39, 0.29) is 6.04 Å². The van der Waals surface area contributed by atoms with Gasteiger partial charge in [-0.05, 0) is 18.6 Å². The van der Waals surface area contributed by atoms with Crippen molar-refractivity contribution in [3.05, 3.63) is 18.3 Å². The van der Waals surface area contributed by atoms with Crippen molar-refractivity contribution in [2.24, 2.45) is 0 Å². The van der Waals surface area contributed by atoms with Crippen LogP contribution in [0.25, 0.3) is 0 Å². The number of methoxy groups -OCH3 is 1. The van der Waals surface area contributed by atoms with E-state index in [0.29, 0.717) is 11.6 Å². The number of ether oxygens (including phenoxy) is 1. The topological polar surface area (TPSA) is 34.2 Å². The van der Waals surface area contributed by atoms with E-state index in [9.17, 15) is 0 Å². The lowest BCUT2D eigenvalue weighted by Crippen LogP contribution is -2.17. The van der Waals surface area contributed by atoms with Gasteiger partial charge in [0.2, 0.25) is 0 Å². The molecule has 14 heavy (non-hydrogen) atoms. The summed E-state index contributed by atoms with van der Waals surface area (Å²) in [6.07, 6.45) is 7.90. The fourth-order valence-corrected chi connectivity index (χ4v) is 1.09. The average molecular weight is 190 g/mol. The van der Waals surface area contributed by atoms with Gasteiger partial charge in [-0.1, -0.05) is 12.8 Å². The largest absolute Gasteiger partial charge is 0.493 e. The number of nitrogens with one attached hydrogen (secondary N) is 1. The van der Waals surface area contributed by atoms with Gasteiger partial charge in [0.15, 0.2) is 11.6 Å². The van der Waals surface area contributed by atoms with Crippen LogP contribution < -0.4 is 10.1 Å². The number of anilines is 1. The number of nitrogens with zero attached hydrogens (tertiary/aromatic N) is 1. The van der Waals surface area contributed by atoms with Crippen molar-refractivity contribution in [3.8, 4) is 18.1 Å². The van der Waals surface area contributed by atoms with Crippen LogP contribution in [0.4, 0.5) is 5.82 Å². The second kappa shape index (κ2) is 5.13. The second-order valence-electron chi connectivity index (χ2n) is 2.83. The summed E-state index contributed by atoms with van der Waals surface area (Å²) in [5.74, 6) is 4.05. The van der Waals surface area contributed by atoms with Crippen molar-refractivity contribution in [1.82, 2.24) is 4.98 Å². The minimum absolute atomic E-state index is 0.00111. The van der Waals surface area contributed by atoms with E-state index in [1.807, 2.05) is 19.1 Å². The normalized spacial score (nSPS) is 11.5. The van der Waals surface area contributed by atoms with Crippen molar-refractivity contribution in [2.75, 3.05) is 12.4 Å². The Kier molecular flexibility index (Phi) is 3.81. The van der Waals surface area contributed by atoms with Crippen molar-refractivity contribution in [3.63, 3.8) is 0 Å². The zero-order valence-electron chi connectivity index (χ0n) is 8.45. The number of rotatable bonds is 4. The minimum Gasteiger partial charge on any atom is -0.493 e. The van der Waals surface area contributed by atoms with Gasteiger partial charge in [0.25, 0.3) is 0 Å². The highest BCUT2D eigenvalue weighted by Crippen LogP contribution is 2.20. The molecular weight excluding hydrogens is 176 g/mol. The molecule has 0 amide bonds. The maximum Gasteiger partial charge on any atom is 0.169 e. The summed E-state index contributed by atoms with van der Waals surface area (Å²) in [5, 5.41) is 3.13. The highest BCUT2D eigenvalue weighted by molar-refractivity contribution is 5.51. The van der Waals surface area contributed by atoms with E-state index in [2.05, 4.69) is 16.2 Å². The zero-order chi connectivity index (χ0) is 10.4. The molecule has 74 valence electrons. The Balaban J connectivity index is 2.80. The van der Waals surface area contributed by atoms with Gasteiger partial charge in [-0.25, -0.2) is 4.98 Å². The Morgan fingerprint density at radius 1 is 1.71 bits per heavy atom. The SMILES string of the molecule is C#CC(CC)Nc1ncccc1OC. The summed E-state index contributed by atoms with van der Waals surface area (Å²) in [7, 11) is 1.61. The fourth-order valence-electron chi connectivity index (χ4n) is 1.09. The Morgan fingerprint density at radius 2 is 2.50 bits per heavy atom. The first-order chi connectivity index (χ1) is 6.81. The standard InChI is InChI=1S/C11H14N2O/c1-4-9(5-2)13-11-10(14-3)7-6-8-12-11/h1,6-9H,5H2,2-3H3,(H,12,13). The third-order valence-electron chi connectivity index (χ3n) is 1.91. The lowest BCUT2D eigenvalue weighted by Gasteiger charge is -2.13. The number of hydrogen-bond donors (Lipinski definition) is 1. The van der Waals surface area contributed by atoms with Crippen LogP contribution in [0.5, 0.6) is 5.75 Å². The van der Waals surface area contributed by atoms with E-state index < -0.39 is 0 Å². The van der Waals surface area contributed by atoms with Gasteiger partial charge < -0.3 is 10.1 Å². The monoisotopic (exact) mass is 190 g/mol. The van der Waals surface area contributed by atoms with Crippen LogP contribution in [0.3, 0.4) is 0 Å². The highest BCUT2D eigenvalue weighted by atomic mass is 16.5. The van der Waals surface area contributed by atoms with Gasteiger partial charge in [0.05, 0.1) is 13.2 Å². The van der Waals surface area contributed by atoms with Crippen molar-refractivity contribution < 1.29 is 4.74 Å². The molecule has 0 spiro atoms. The molecule has 0 saturated heterocycles. The number of aromatic nitrogens is 1. The van der Waals surface area contributed by atoms with Crippen LogP contribution >= 0.6 is 0 Å². The van der Waals surface area contributed by atoms with E-state index in [1.54, 1.807) is 13.3 Å². The molecule has 0 aliphatic rings. The van der Waals surface area contributed by atoms with Gasteiger partial charge in [-0.15, -0.1) is 6.42 Å². The summed E-state index contributed by atoms with van der Waals surface area (Å²) in [4.78, 5) is 4.15. The molecule has 1 heterocycles. The van der Waals surface area contributed by atoms with Crippen LogP contribution in [0.1, 0.15) is 13.3 Å². The molecule has 1 aromatic heterocycles. The molecule has 0 fully saturated rings. The first kappa shape index (κ1) is 10.4. The summed E-state index contributed by atoms with van der Waals surface area (Å²) < 4.78 is 5.14. The van der Waals surface area contributed by atoms with Crippen molar-refractivity contribution in [1.29, 1.82) is 0 Å². The summed E-state index contributed by atoms with van der Waals surface area (Å²) in [6.45, 7) is 2.02. The van der Waals surface area contributed by atoms with Crippen molar-refractivity contribution >= 4 is 5.82 Å². The molecule has 0 bridgehead atoms. The summed E-state index contributed by atoms with van der Waals surface area (Å²) in [5.41, 5.74) is 0. The third-order valence-corrected chi connectivity index (χ3v) is 1.91. The highest BCUT2D eigenvalue weighted by Gasteiger charge is 2.06. The van der Waals surface area contributed by atoms with Crippen LogP contribution in [-0.4, -0.2) is 18.1 Å². The molecule has 0 radical (unpaired) electrons. The minimum atomic E-state index is -0.00111. The van der Waals surface area contributed by atoms with E-state index in [0.717, 1.165) is 6.42 Å². The Morgan fingerprint density at radius 3 is 3.07 bits per heavy atom. The number of pyridine rings is 1. The molecule has 0 aliphatic carbocycles. The molecule has 3 nitrogen and oxygen atoms in total. The maximum absolute atomic E-state index is 5.34. The van der Waals surface area contributed by atoms with E-state index in [1.165, 1.54) is 0 Å². The molecule has 1 unspecified atom stereocenters. The third kappa shape index (κ3) is 2.40. The Bertz CT molecular complexity index is 330. The summed E-state index contributed by atoms with van der Waals surface area (Å²) in [6, 6.07) is 3.66. The van der Waals surface area contributed by atoms with Gasteiger partial charge in [0.1, 0.15) is 0 Å². The fraction of sp³-hybridized carbons (Fsp3) is 0.364. The van der Waals surface area contributed by atoms with Gasteiger partial charge >= 0.3 is 0 Å². The molecule has 1 aromatic rings. The van der Waals surface area contributed by atoms with Gasteiger partial charge in [0, 0.05) is 6.20 Å². The number of hydrogen-bond acceptors (Lipinski definition) is 3. The molecular formula is C11H14N2O. The van der Waals surface area contributed by atoms with Gasteiger partial charge in [-0.3, -0.25) is 0 Å². The summed E-state index contributed by atoms with van der Waals surface area (Å²) >= 11 is 0. The zero-order valence-corrected chi connectivity index (χ0v) is 8.45. The molecule has 0 aromatic carbocycles. The average Bonchev–Trinajstić information content (AvgIpc) is 2.26.